The lowest BCUT2D eigenvalue weighted by Gasteiger charge is -2.35. The lowest BCUT2D eigenvalue weighted by molar-refractivity contribution is -0.124. The van der Waals surface area contributed by atoms with E-state index in [2.05, 4.69) is 5.32 Å². The van der Waals surface area contributed by atoms with E-state index < -0.39 is 0 Å². The Bertz CT molecular complexity index is 516. The number of methoxy groups -OCH3 is 1. The molecule has 142 valence electrons. The molecule has 1 aliphatic carbocycles. The first kappa shape index (κ1) is 21.6. The van der Waals surface area contributed by atoms with Crippen LogP contribution in [0.5, 0.6) is 11.5 Å². The smallest absolute Gasteiger partial charge is 0.220 e. The van der Waals surface area contributed by atoms with Gasteiger partial charge >= 0.3 is 0 Å². The minimum absolute atomic E-state index is 0. The molecule has 3 N–H and O–H groups in total. The molecule has 2 rings (SSSR count). The lowest BCUT2D eigenvalue weighted by Crippen LogP contribution is -2.40. The first-order valence-corrected chi connectivity index (χ1v) is 8.84. The largest absolute Gasteiger partial charge is 0.497 e. The summed E-state index contributed by atoms with van der Waals surface area (Å²) in [6.45, 7) is 3.04. The Balaban J connectivity index is 0.00000312. The Labute approximate surface area is 157 Å². The van der Waals surface area contributed by atoms with Crippen molar-refractivity contribution in [1.82, 2.24) is 5.32 Å². The van der Waals surface area contributed by atoms with Gasteiger partial charge in [-0.25, -0.2) is 0 Å². The fraction of sp³-hybridized carbons (Fsp3) is 0.632. The Morgan fingerprint density at radius 2 is 1.80 bits per heavy atom. The van der Waals surface area contributed by atoms with Crippen LogP contribution in [0.2, 0.25) is 0 Å². The molecule has 6 heteroatoms. The highest BCUT2D eigenvalue weighted by Gasteiger charge is 2.32. The molecule has 0 heterocycles. The number of carbonyl (C=O) groups excluding carboxylic acids is 1. The third-order valence-corrected chi connectivity index (χ3v) is 4.87. The summed E-state index contributed by atoms with van der Waals surface area (Å²) >= 11 is 0. The molecule has 0 saturated heterocycles. The highest BCUT2D eigenvalue weighted by atomic mass is 35.5. The van der Waals surface area contributed by atoms with Crippen LogP contribution in [-0.2, 0) is 4.79 Å². The second-order valence-electron chi connectivity index (χ2n) is 6.85. The van der Waals surface area contributed by atoms with Crippen LogP contribution >= 0.6 is 12.4 Å². The number of carbonyl (C=O) groups is 1. The molecule has 0 aliphatic heterocycles. The summed E-state index contributed by atoms with van der Waals surface area (Å²) in [6.07, 6.45) is 6.18. The van der Waals surface area contributed by atoms with Crippen LogP contribution < -0.4 is 20.5 Å². The molecule has 0 spiro atoms. The number of benzene rings is 1. The van der Waals surface area contributed by atoms with Gasteiger partial charge in [-0.05, 0) is 56.0 Å². The van der Waals surface area contributed by atoms with E-state index in [0.29, 0.717) is 19.5 Å². The van der Waals surface area contributed by atoms with Gasteiger partial charge in [0, 0.05) is 6.42 Å². The zero-order chi connectivity index (χ0) is 17.4. The number of halogens is 1. The van der Waals surface area contributed by atoms with Crippen LogP contribution in [0, 0.1) is 5.41 Å². The predicted molar refractivity (Wildman–Crippen MR) is 103 cm³/mol. The maximum atomic E-state index is 12.3. The molecule has 1 amide bonds. The topological polar surface area (TPSA) is 73.6 Å². The van der Waals surface area contributed by atoms with Crippen molar-refractivity contribution in [3.8, 4) is 11.5 Å². The zero-order valence-corrected chi connectivity index (χ0v) is 16.1. The zero-order valence-electron chi connectivity index (χ0n) is 15.3. The number of amides is 1. The molecule has 1 aromatic rings. The fourth-order valence-electron chi connectivity index (χ4n) is 3.34. The van der Waals surface area contributed by atoms with E-state index in [4.69, 9.17) is 15.2 Å². The van der Waals surface area contributed by atoms with E-state index in [1.54, 1.807) is 7.11 Å². The molecule has 5 nitrogen and oxygen atoms in total. The Hall–Kier alpha value is -1.46. The van der Waals surface area contributed by atoms with Crippen LogP contribution in [0.25, 0.3) is 0 Å². The first-order valence-electron chi connectivity index (χ1n) is 8.84. The van der Waals surface area contributed by atoms with Crippen LogP contribution in [0.3, 0.4) is 0 Å². The highest BCUT2D eigenvalue weighted by molar-refractivity contribution is 5.85. The molecule has 1 unspecified atom stereocenters. The van der Waals surface area contributed by atoms with Gasteiger partial charge in [-0.1, -0.05) is 19.3 Å². The summed E-state index contributed by atoms with van der Waals surface area (Å²) in [5.41, 5.74) is 5.96. The summed E-state index contributed by atoms with van der Waals surface area (Å²) in [4.78, 5) is 12.3. The number of hydrogen-bond acceptors (Lipinski definition) is 4. The molecular formula is C19H31ClN2O3. The standard InChI is InChI=1S/C19H30N2O3.ClH/c1-15(24-17-8-6-16(23-2)7-9-17)13-21-18(22)12-19(14-20)10-4-3-5-11-19;/h6-9,15H,3-5,10-14,20H2,1-2H3,(H,21,22);1H. The average Bonchev–Trinajstić information content (AvgIpc) is 2.61. The van der Waals surface area contributed by atoms with E-state index in [0.717, 1.165) is 24.3 Å². The van der Waals surface area contributed by atoms with Gasteiger partial charge in [0.1, 0.15) is 17.6 Å². The summed E-state index contributed by atoms with van der Waals surface area (Å²) in [6, 6.07) is 7.44. The van der Waals surface area contributed by atoms with Gasteiger partial charge in [0.05, 0.1) is 13.7 Å². The van der Waals surface area contributed by atoms with Gasteiger partial charge in [0.15, 0.2) is 0 Å². The number of nitrogens with two attached hydrogens (primary N) is 1. The van der Waals surface area contributed by atoms with Crippen molar-refractivity contribution in [1.29, 1.82) is 0 Å². The predicted octanol–water partition coefficient (Wildman–Crippen LogP) is 3.30. The van der Waals surface area contributed by atoms with Crippen LogP contribution in [-0.4, -0.2) is 32.2 Å². The third kappa shape index (κ3) is 6.75. The first-order chi connectivity index (χ1) is 11.6. The minimum atomic E-state index is -0.0949. The number of ether oxygens (including phenoxy) is 2. The number of rotatable bonds is 8. The maximum absolute atomic E-state index is 12.3. The minimum Gasteiger partial charge on any atom is -0.497 e. The van der Waals surface area contributed by atoms with Gasteiger partial charge < -0.3 is 20.5 Å². The average molecular weight is 371 g/mol. The van der Waals surface area contributed by atoms with E-state index in [9.17, 15) is 4.79 Å². The quantitative estimate of drug-likeness (QED) is 0.736. The molecule has 1 aliphatic rings. The van der Waals surface area contributed by atoms with Crippen molar-refractivity contribution in [3.63, 3.8) is 0 Å². The van der Waals surface area contributed by atoms with Gasteiger partial charge in [-0.3, -0.25) is 4.79 Å². The molecule has 1 aromatic carbocycles. The number of nitrogens with one attached hydrogen (secondary N) is 1. The summed E-state index contributed by atoms with van der Waals surface area (Å²) in [5.74, 6) is 1.64. The molecular weight excluding hydrogens is 340 g/mol. The molecule has 1 saturated carbocycles. The fourth-order valence-corrected chi connectivity index (χ4v) is 3.34. The number of hydrogen-bond donors (Lipinski definition) is 2. The molecule has 1 atom stereocenters. The van der Waals surface area contributed by atoms with Gasteiger partial charge in [0.25, 0.3) is 0 Å². The van der Waals surface area contributed by atoms with Gasteiger partial charge in [-0.15, -0.1) is 12.4 Å². The van der Waals surface area contributed by atoms with Crippen molar-refractivity contribution < 1.29 is 14.3 Å². The molecule has 0 aromatic heterocycles. The molecule has 1 fully saturated rings. The Kier molecular flexibility index (Phi) is 9.08. The second kappa shape index (κ2) is 10.5. The van der Waals surface area contributed by atoms with Crippen molar-refractivity contribution in [2.75, 3.05) is 20.2 Å². The highest BCUT2D eigenvalue weighted by Crippen LogP contribution is 2.38. The molecule has 0 radical (unpaired) electrons. The van der Waals surface area contributed by atoms with Gasteiger partial charge in [0.2, 0.25) is 5.91 Å². The van der Waals surface area contributed by atoms with Crippen LogP contribution in [0.1, 0.15) is 45.4 Å². The van der Waals surface area contributed by atoms with E-state index in [-0.39, 0.29) is 29.8 Å². The summed E-state index contributed by atoms with van der Waals surface area (Å²) in [7, 11) is 1.63. The third-order valence-electron chi connectivity index (χ3n) is 4.87. The van der Waals surface area contributed by atoms with E-state index >= 15 is 0 Å². The van der Waals surface area contributed by atoms with E-state index in [1.165, 1.54) is 19.3 Å². The van der Waals surface area contributed by atoms with Crippen LogP contribution in [0.4, 0.5) is 0 Å². The normalized spacial score (nSPS) is 17.1. The Morgan fingerprint density at radius 3 is 2.36 bits per heavy atom. The molecule has 0 bridgehead atoms. The van der Waals surface area contributed by atoms with E-state index in [1.807, 2.05) is 31.2 Å². The van der Waals surface area contributed by atoms with Crippen LogP contribution in [0.15, 0.2) is 24.3 Å². The SMILES string of the molecule is COc1ccc(OC(C)CNC(=O)CC2(CN)CCCCC2)cc1.Cl. The van der Waals surface area contributed by atoms with Crippen molar-refractivity contribution >= 4 is 18.3 Å². The summed E-state index contributed by atoms with van der Waals surface area (Å²) < 4.78 is 10.9. The monoisotopic (exact) mass is 370 g/mol. The lowest BCUT2D eigenvalue weighted by atomic mass is 9.71. The maximum Gasteiger partial charge on any atom is 0.220 e. The van der Waals surface area contributed by atoms with Crippen molar-refractivity contribution in [3.05, 3.63) is 24.3 Å². The van der Waals surface area contributed by atoms with Crippen molar-refractivity contribution in [2.45, 2.75) is 51.6 Å². The second-order valence-corrected chi connectivity index (χ2v) is 6.85. The Morgan fingerprint density at radius 1 is 1.20 bits per heavy atom. The molecule has 25 heavy (non-hydrogen) atoms. The van der Waals surface area contributed by atoms with Gasteiger partial charge in [-0.2, -0.15) is 0 Å². The summed E-state index contributed by atoms with van der Waals surface area (Å²) in [5, 5.41) is 2.99. The van der Waals surface area contributed by atoms with Crippen molar-refractivity contribution in [2.24, 2.45) is 11.1 Å².